The van der Waals surface area contributed by atoms with Gasteiger partial charge in [-0.15, -0.1) is 9.24 Å². The number of rotatable bonds is 4. The number of benzene rings is 2. The first-order valence-corrected chi connectivity index (χ1v) is 8.99. The molecule has 0 saturated heterocycles. The predicted octanol–water partition coefficient (Wildman–Crippen LogP) is 4.57. The molecule has 2 aromatic carbocycles. The van der Waals surface area contributed by atoms with Gasteiger partial charge in [-0.3, -0.25) is 0 Å². The summed E-state index contributed by atoms with van der Waals surface area (Å²) in [5, 5.41) is 4.80. The van der Waals surface area contributed by atoms with E-state index in [4.69, 9.17) is 5.73 Å². The number of aromatic nitrogens is 1. The Morgan fingerprint density at radius 2 is 1.92 bits per heavy atom. The van der Waals surface area contributed by atoms with Crippen LogP contribution in [0.4, 0.5) is 21.0 Å². The van der Waals surface area contributed by atoms with Crippen molar-refractivity contribution in [1.29, 1.82) is 0 Å². The molecule has 0 radical (unpaired) electrons. The molecule has 0 spiro atoms. The van der Waals surface area contributed by atoms with Crippen LogP contribution in [0.3, 0.4) is 0 Å². The molecule has 3 N–H and O–H groups in total. The number of nitrogens with zero attached hydrogens (tertiary/aromatic N) is 1. The highest BCUT2D eigenvalue weighted by Crippen LogP contribution is 2.37. The van der Waals surface area contributed by atoms with Crippen LogP contribution in [0.15, 0.2) is 42.5 Å². The summed E-state index contributed by atoms with van der Waals surface area (Å²) in [5.41, 5.74) is 8.87. The van der Waals surface area contributed by atoms with E-state index in [1.165, 1.54) is 23.0 Å². The van der Waals surface area contributed by atoms with Crippen molar-refractivity contribution in [1.82, 2.24) is 4.98 Å². The molecule has 3 rings (SSSR count). The summed E-state index contributed by atoms with van der Waals surface area (Å²) in [4.78, 5) is 5.25. The number of nitrogens with one attached hydrogen (secondary N) is 1. The Kier molecular flexibility index (Phi) is 4.83. The van der Waals surface area contributed by atoms with E-state index in [-0.39, 0.29) is 11.7 Å². The van der Waals surface area contributed by atoms with E-state index < -0.39 is 0 Å². The Morgan fingerprint density at radius 1 is 1.21 bits per heavy atom. The van der Waals surface area contributed by atoms with Crippen LogP contribution < -0.4 is 16.4 Å². The molecule has 24 heavy (non-hydrogen) atoms. The van der Waals surface area contributed by atoms with Crippen molar-refractivity contribution in [2.45, 2.75) is 19.8 Å². The Labute approximate surface area is 147 Å². The lowest BCUT2D eigenvalue weighted by Crippen LogP contribution is -2.10. The van der Waals surface area contributed by atoms with E-state index in [0.717, 1.165) is 15.9 Å². The molecule has 6 heteroatoms. The summed E-state index contributed by atoms with van der Waals surface area (Å²) in [6.45, 7) is 3.99. The van der Waals surface area contributed by atoms with Gasteiger partial charge in [0.1, 0.15) is 11.6 Å². The van der Waals surface area contributed by atoms with Crippen molar-refractivity contribution < 1.29 is 4.39 Å². The van der Waals surface area contributed by atoms with Crippen LogP contribution in [0, 0.1) is 12.7 Å². The highest BCUT2D eigenvalue weighted by Gasteiger charge is 2.21. The van der Waals surface area contributed by atoms with Crippen LogP contribution in [-0.4, -0.2) is 4.98 Å². The molecular formula is C18H19FN3PS. The largest absolute Gasteiger partial charge is 0.383 e. The third-order valence-corrected chi connectivity index (χ3v) is 5.57. The average Bonchev–Trinajstić information content (AvgIpc) is 2.90. The zero-order valence-electron chi connectivity index (χ0n) is 13.5. The fourth-order valence-corrected chi connectivity index (χ4v) is 4.07. The maximum Gasteiger partial charge on any atom is 0.189 e. The molecule has 0 aliphatic heterocycles. The number of anilines is 3. The molecule has 1 heterocycles. The Morgan fingerprint density at radius 3 is 2.58 bits per heavy atom. The maximum atomic E-state index is 14.2. The first-order chi connectivity index (χ1) is 11.5. The van der Waals surface area contributed by atoms with Gasteiger partial charge in [0.05, 0.1) is 4.88 Å². The number of aryl methyl sites for hydroxylation is 1. The number of nitrogens with two attached hydrogens (primary N) is 1. The minimum Gasteiger partial charge on any atom is -0.383 e. The number of nitrogen functional groups attached to an aromatic ring is 1. The topological polar surface area (TPSA) is 50.9 Å². The molecule has 3 nitrogen and oxygen atoms in total. The summed E-state index contributed by atoms with van der Waals surface area (Å²) in [6.07, 6.45) is 0. The van der Waals surface area contributed by atoms with Gasteiger partial charge in [-0.25, -0.2) is 9.37 Å². The molecule has 3 aromatic rings. The average molecular weight is 359 g/mol. The number of halogens is 1. The Bertz CT molecular complexity index is 841. The van der Waals surface area contributed by atoms with E-state index in [0.29, 0.717) is 16.5 Å². The molecule has 1 aromatic heterocycles. The van der Waals surface area contributed by atoms with Crippen molar-refractivity contribution >= 4 is 42.5 Å². The first-order valence-electron chi connectivity index (χ1n) is 7.59. The highest BCUT2D eigenvalue weighted by molar-refractivity contribution is 7.27. The van der Waals surface area contributed by atoms with Gasteiger partial charge in [0.2, 0.25) is 0 Å². The lowest BCUT2D eigenvalue weighted by Gasteiger charge is -2.14. The summed E-state index contributed by atoms with van der Waals surface area (Å²) < 4.78 is 14.2. The van der Waals surface area contributed by atoms with Crippen LogP contribution >= 0.6 is 20.6 Å². The van der Waals surface area contributed by atoms with Crippen LogP contribution in [0.25, 0.3) is 0 Å². The zero-order chi connectivity index (χ0) is 17.3. The Balaban J connectivity index is 1.90. The number of thiazole rings is 1. The van der Waals surface area contributed by atoms with Gasteiger partial charge in [-0.2, -0.15) is 0 Å². The molecule has 0 saturated carbocycles. The molecule has 2 atom stereocenters. The smallest absolute Gasteiger partial charge is 0.189 e. The van der Waals surface area contributed by atoms with Gasteiger partial charge in [0, 0.05) is 17.2 Å². The zero-order valence-corrected chi connectivity index (χ0v) is 15.5. The third-order valence-electron chi connectivity index (χ3n) is 3.90. The molecule has 124 valence electrons. The van der Waals surface area contributed by atoms with Gasteiger partial charge < -0.3 is 11.1 Å². The van der Waals surface area contributed by atoms with E-state index >= 15 is 0 Å². The molecule has 0 aliphatic carbocycles. The van der Waals surface area contributed by atoms with Gasteiger partial charge in [0.15, 0.2) is 5.13 Å². The molecule has 2 unspecified atom stereocenters. The van der Waals surface area contributed by atoms with E-state index in [1.54, 1.807) is 6.07 Å². The van der Waals surface area contributed by atoms with Crippen molar-refractivity contribution in [3.63, 3.8) is 0 Å². The highest BCUT2D eigenvalue weighted by atomic mass is 32.1. The lowest BCUT2D eigenvalue weighted by molar-refractivity contribution is 0.606. The first kappa shape index (κ1) is 16.9. The number of hydrogen-bond acceptors (Lipinski definition) is 4. The van der Waals surface area contributed by atoms with Gasteiger partial charge >= 0.3 is 0 Å². The molecule has 0 bridgehead atoms. The summed E-state index contributed by atoms with van der Waals surface area (Å²) in [6, 6.07) is 13.1. The molecule has 0 aliphatic rings. The normalized spacial score (nSPS) is 12.2. The summed E-state index contributed by atoms with van der Waals surface area (Å²) in [5.74, 6) is 0.0513. The summed E-state index contributed by atoms with van der Waals surface area (Å²) >= 11 is 1.46. The van der Waals surface area contributed by atoms with E-state index in [1.807, 2.05) is 44.2 Å². The minimum absolute atomic E-state index is 0.162. The van der Waals surface area contributed by atoms with E-state index in [9.17, 15) is 4.39 Å². The SMILES string of the molecule is Cc1ccc(Nc2nc(N)c(C(C)c3c(F)cccc3P)s2)cc1. The van der Waals surface area contributed by atoms with E-state index in [2.05, 4.69) is 19.5 Å². The van der Waals surface area contributed by atoms with Gasteiger partial charge in [0.25, 0.3) is 0 Å². The molecule has 0 fully saturated rings. The van der Waals surface area contributed by atoms with Crippen LogP contribution in [-0.2, 0) is 0 Å². The standard InChI is InChI=1S/C18H19FN3PS/c1-10-6-8-12(9-7-10)21-18-22-17(20)16(24-18)11(2)15-13(19)4-3-5-14(15)23/h3-9,11H,20,23H2,1-2H3,(H,21,22). The van der Waals surface area contributed by atoms with Crippen molar-refractivity contribution in [2.24, 2.45) is 0 Å². The van der Waals surface area contributed by atoms with Gasteiger partial charge in [-0.05, 0) is 30.4 Å². The molecular weight excluding hydrogens is 340 g/mol. The summed E-state index contributed by atoms with van der Waals surface area (Å²) in [7, 11) is 2.59. The second-order valence-corrected chi connectivity index (χ2v) is 7.38. The minimum atomic E-state index is -0.226. The fraction of sp³-hybridized carbons (Fsp3) is 0.167. The van der Waals surface area contributed by atoms with Crippen molar-refractivity contribution in [2.75, 3.05) is 11.1 Å². The van der Waals surface area contributed by atoms with Crippen LogP contribution in [0.2, 0.25) is 0 Å². The monoisotopic (exact) mass is 359 g/mol. The quantitative estimate of drug-likeness (QED) is 0.671. The van der Waals surface area contributed by atoms with Crippen LogP contribution in [0.1, 0.15) is 28.8 Å². The third kappa shape index (κ3) is 3.42. The lowest BCUT2D eigenvalue weighted by atomic mass is 9.99. The number of hydrogen-bond donors (Lipinski definition) is 2. The Hall–Kier alpha value is -1.97. The predicted molar refractivity (Wildman–Crippen MR) is 104 cm³/mol. The van der Waals surface area contributed by atoms with Crippen molar-refractivity contribution in [3.8, 4) is 0 Å². The van der Waals surface area contributed by atoms with Gasteiger partial charge in [-0.1, -0.05) is 48.1 Å². The maximum absolute atomic E-state index is 14.2. The van der Waals surface area contributed by atoms with Crippen LogP contribution in [0.5, 0.6) is 0 Å². The second kappa shape index (κ2) is 6.88. The van der Waals surface area contributed by atoms with Crippen molar-refractivity contribution in [3.05, 3.63) is 64.3 Å². The molecule has 0 amide bonds. The fourth-order valence-electron chi connectivity index (χ4n) is 2.61. The second-order valence-electron chi connectivity index (χ2n) is 5.72.